The summed E-state index contributed by atoms with van der Waals surface area (Å²) in [6.07, 6.45) is 11.0. The summed E-state index contributed by atoms with van der Waals surface area (Å²) in [4.78, 5) is 15.9. The molecule has 0 aliphatic heterocycles. The van der Waals surface area contributed by atoms with Crippen molar-refractivity contribution in [2.24, 2.45) is 10.9 Å². The highest BCUT2D eigenvalue weighted by atomic mass is 127. The number of nitrogens with zero attached hydrogens (tertiary/aromatic N) is 1. The van der Waals surface area contributed by atoms with E-state index in [4.69, 9.17) is 0 Å². The van der Waals surface area contributed by atoms with Crippen LogP contribution in [-0.2, 0) is 4.79 Å². The molecule has 1 atom stereocenters. The minimum atomic E-state index is 0. The van der Waals surface area contributed by atoms with E-state index in [1.54, 1.807) is 7.05 Å². The fourth-order valence-electron chi connectivity index (χ4n) is 3.04. The molecule has 1 saturated carbocycles. The molecular weight excluding hydrogens is 415 g/mol. The predicted octanol–water partition coefficient (Wildman–Crippen LogP) is 3.43. The molecule has 142 valence electrons. The zero-order valence-corrected chi connectivity index (χ0v) is 18.0. The van der Waals surface area contributed by atoms with Crippen LogP contribution in [0.3, 0.4) is 0 Å². The third-order valence-corrected chi connectivity index (χ3v) is 4.69. The smallest absolute Gasteiger partial charge is 0.221 e. The topological polar surface area (TPSA) is 65.5 Å². The molecule has 0 heterocycles. The Morgan fingerprint density at radius 2 is 1.83 bits per heavy atom. The van der Waals surface area contributed by atoms with Gasteiger partial charge in [0, 0.05) is 32.6 Å². The van der Waals surface area contributed by atoms with E-state index in [1.165, 1.54) is 44.9 Å². The number of hydrogen-bond donors (Lipinski definition) is 3. The van der Waals surface area contributed by atoms with Gasteiger partial charge in [-0.15, -0.1) is 24.0 Å². The number of guanidine groups is 1. The average molecular weight is 452 g/mol. The third-order valence-electron chi connectivity index (χ3n) is 4.69. The molecule has 1 aliphatic rings. The number of halogens is 1. The lowest BCUT2D eigenvalue weighted by Crippen LogP contribution is -2.40. The van der Waals surface area contributed by atoms with E-state index < -0.39 is 0 Å². The molecule has 1 fully saturated rings. The summed E-state index contributed by atoms with van der Waals surface area (Å²) < 4.78 is 0. The molecular formula is C18H37IN4O. The van der Waals surface area contributed by atoms with E-state index in [1.807, 2.05) is 6.92 Å². The van der Waals surface area contributed by atoms with Gasteiger partial charge in [0.25, 0.3) is 0 Å². The minimum Gasteiger partial charge on any atom is -0.356 e. The molecule has 1 rings (SSSR count). The number of amides is 1. The van der Waals surface area contributed by atoms with E-state index in [0.29, 0.717) is 13.0 Å². The first-order valence-corrected chi connectivity index (χ1v) is 9.39. The fraction of sp³-hybridized carbons (Fsp3) is 0.889. The third kappa shape index (κ3) is 11.1. The quantitative estimate of drug-likeness (QED) is 0.217. The van der Waals surface area contributed by atoms with Gasteiger partial charge in [-0.25, -0.2) is 0 Å². The molecule has 0 aromatic heterocycles. The lowest BCUT2D eigenvalue weighted by molar-refractivity contribution is -0.121. The summed E-state index contributed by atoms with van der Waals surface area (Å²) in [6, 6.07) is 0.250. The Bertz CT molecular complexity index is 357. The highest BCUT2D eigenvalue weighted by molar-refractivity contribution is 14.0. The molecule has 1 amide bonds. The second-order valence-corrected chi connectivity index (χ2v) is 6.70. The fourth-order valence-corrected chi connectivity index (χ4v) is 3.04. The van der Waals surface area contributed by atoms with Crippen molar-refractivity contribution in [1.29, 1.82) is 0 Å². The summed E-state index contributed by atoms with van der Waals surface area (Å²) in [5, 5.41) is 9.52. The first-order valence-electron chi connectivity index (χ1n) is 9.39. The summed E-state index contributed by atoms with van der Waals surface area (Å²) in [7, 11) is 1.77. The minimum absolute atomic E-state index is 0. The molecule has 0 aromatic rings. The van der Waals surface area contributed by atoms with Crippen LogP contribution >= 0.6 is 24.0 Å². The largest absolute Gasteiger partial charge is 0.356 e. The standard InChI is InChI=1S/C18H36N4O.HI/c1-4-15(2)22-17(23)12-14-21-18(19-3)20-13-8-11-16-9-6-5-7-10-16;/h15-16H,4-14H2,1-3H3,(H,22,23)(H2,19,20,21);1H. The highest BCUT2D eigenvalue weighted by Crippen LogP contribution is 2.26. The Balaban J connectivity index is 0.00000529. The van der Waals surface area contributed by atoms with Gasteiger partial charge in [0.1, 0.15) is 0 Å². The summed E-state index contributed by atoms with van der Waals surface area (Å²) >= 11 is 0. The number of carbonyl (C=O) groups is 1. The lowest BCUT2D eigenvalue weighted by Gasteiger charge is -2.21. The van der Waals surface area contributed by atoms with Crippen LogP contribution in [0.15, 0.2) is 4.99 Å². The molecule has 1 unspecified atom stereocenters. The van der Waals surface area contributed by atoms with Gasteiger partial charge in [-0.05, 0) is 32.1 Å². The molecule has 24 heavy (non-hydrogen) atoms. The number of rotatable bonds is 9. The highest BCUT2D eigenvalue weighted by Gasteiger charge is 2.12. The van der Waals surface area contributed by atoms with Crippen molar-refractivity contribution in [3.63, 3.8) is 0 Å². The van der Waals surface area contributed by atoms with Crippen LogP contribution in [0.2, 0.25) is 0 Å². The van der Waals surface area contributed by atoms with Crippen molar-refractivity contribution < 1.29 is 4.79 Å². The van der Waals surface area contributed by atoms with Gasteiger partial charge in [-0.3, -0.25) is 9.79 Å². The summed E-state index contributed by atoms with van der Waals surface area (Å²) in [5.41, 5.74) is 0. The van der Waals surface area contributed by atoms with Gasteiger partial charge >= 0.3 is 0 Å². The van der Waals surface area contributed by atoms with Gasteiger partial charge in [0.15, 0.2) is 5.96 Å². The molecule has 5 nitrogen and oxygen atoms in total. The lowest BCUT2D eigenvalue weighted by atomic mass is 9.86. The van der Waals surface area contributed by atoms with Crippen LogP contribution in [-0.4, -0.2) is 38.0 Å². The van der Waals surface area contributed by atoms with Crippen molar-refractivity contribution in [3.05, 3.63) is 0 Å². The molecule has 1 aliphatic carbocycles. The van der Waals surface area contributed by atoms with Crippen molar-refractivity contribution in [3.8, 4) is 0 Å². The molecule has 0 spiro atoms. The molecule has 3 N–H and O–H groups in total. The molecule has 0 aromatic carbocycles. The monoisotopic (exact) mass is 452 g/mol. The number of hydrogen-bond acceptors (Lipinski definition) is 2. The summed E-state index contributed by atoms with van der Waals surface area (Å²) in [6.45, 7) is 5.67. The first-order chi connectivity index (χ1) is 11.2. The Hall–Kier alpha value is -0.530. The maximum Gasteiger partial charge on any atom is 0.221 e. The van der Waals surface area contributed by atoms with Crippen LogP contribution in [0.25, 0.3) is 0 Å². The van der Waals surface area contributed by atoms with Gasteiger partial charge in [-0.2, -0.15) is 0 Å². The van der Waals surface area contributed by atoms with Crippen molar-refractivity contribution >= 4 is 35.8 Å². The number of nitrogens with one attached hydrogen (secondary N) is 3. The van der Waals surface area contributed by atoms with Crippen molar-refractivity contribution in [1.82, 2.24) is 16.0 Å². The van der Waals surface area contributed by atoms with Crippen LogP contribution in [0.5, 0.6) is 0 Å². The van der Waals surface area contributed by atoms with Gasteiger partial charge in [-0.1, -0.05) is 39.0 Å². The molecule has 6 heteroatoms. The SMILES string of the molecule is CCC(C)NC(=O)CCNC(=NC)NCCCC1CCCCC1.I. The van der Waals surface area contributed by atoms with E-state index in [2.05, 4.69) is 27.9 Å². The van der Waals surface area contributed by atoms with E-state index in [9.17, 15) is 4.79 Å². The zero-order chi connectivity index (χ0) is 16.9. The van der Waals surface area contributed by atoms with Crippen LogP contribution in [0, 0.1) is 5.92 Å². The van der Waals surface area contributed by atoms with Crippen LogP contribution in [0.4, 0.5) is 0 Å². The molecule has 0 saturated heterocycles. The maximum absolute atomic E-state index is 11.7. The van der Waals surface area contributed by atoms with Crippen molar-refractivity contribution in [2.75, 3.05) is 20.1 Å². The first kappa shape index (κ1) is 23.5. The summed E-state index contributed by atoms with van der Waals surface area (Å²) in [5.74, 6) is 1.83. The van der Waals surface area contributed by atoms with Crippen LogP contribution in [0.1, 0.15) is 71.6 Å². The second-order valence-electron chi connectivity index (χ2n) is 6.70. The average Bonchev–Trinajstić information content (AvgIpc) is 2.57. The Morgan fingerprint density at radius 1 is 1.17 bits per heavy atom. The normalized spacial score (nSPS) is 16.9. The van der Waals surface area contributed by atoms with E-state index in [0.717, 1.165) is 24.8 Å². The Morgan fingerprint density at radius 3 is 2.46 bits per heavy atom. The maximum atomic E-state index is 11.7. The Kier molecular flexibility index (Phi) is 14.5. The zero-order valence-electron chi connectivity index (χ0n) is 15.7. The van der Waals surface area contributed by atoms with E-state index >= 15 is 0 Å². The number of aliphatic imine (C=N–C) groups is 1. The van der Waals surface area contributed by atoms with Crippen LogP contribution < -0.4 is 16.0 Å². The van der Waals surface area contributed by atoms with Gasteiger partial charge in [0.05, 0.1) is 0 Å². The predicted molar refractivity (Wildman–Crippen MR) is 113 cm³/mol. The van der Waals surface area contributed by atoms with Crippen molar-refractivity contribution in [2.45, 2.75) is 77.7 Å². The van der Waals surface area contributed by atoms with E-state index in [-0.39, 0.29) is 35.9 Å². The van der Waals surface area contributed by atoms with Gasteiger partial charge in [0.2, 0.25) is 5.91 Å². The van der Waals surface area contributed by atoms with Gasteiger partial charge < -0.3 is 16.0 Å². The molecule has 0 radical (unpaired) electrons. The Labute approximate surface area is 165 Å². The second kappa shape index (κ2) is 14.8. The molecule has 0 bridgehead atoms. The number of carbonyl (C=O) groups excluding carboxylic acids is 1.